The highest BCUT2D eigenvalue weighted by Gasteiger charge is 2.14. The normalized spacial score (nSPS) is 11.4. The number of fused-ring (bicyclic) bond motifs is 1. The van der Waals surface area contributed by atoms with E-state index in [0.717, 1.165) is 15.6 Å². The molecule has 5 nitrogen and oxygen atoms in total. The van der Waals surface area contributed by atoms with E-state index in [0.29, 0.717) is 15.4 Å². The van der Waals surface area contributed by atoms with Gasteiger partial charge < -0.3 is 10.1 Å². The zero-order chi connectivity index (χ0) is 16.6. The summed E-state index contributed by atoms with van der Waals surface area (Å²) in [6.07, 6.45) is 0. The second-order valence-corrected chi connectivity index (χ2v) is 6.72. The van der Waals surface area contributed by atoms with E-state index < -0.39 is 5.91 Å². The monoisotopic (exact) mass is 435 g/mol. The van der Waals surface area contributed by atoms with Gasteiger partial charge >= 0.3 is 0 Å². The summed E-state index contributed by atoms with van der Waals surface area (Å²) in [5.74, 6) is -0.608. The first-order valence-corrected chi connectivity index (χ1v) is 8.27. The molecule has 0 bridgehead atoms. The molecule has 0 spiro atoms. The maximum atomic E-state index is 12.2. The summed E-state index contributed by atoms with van der Waals surface area (Å²) in [6, 6.07) is 10.7. The number of H-pyrrole nitrogens is 1. The summed E-state index contributed by atoms with van der Waals surface area (Å²) >= 11 is 6.72. The molecule has 0 saturated carbocycles. The molecule has 23 heavy (non-hydrogen) atoms. The van der Waals surface area contributed by atoms with Gasteiger partial charge in [0.2, 0.25) is 5.88 Å². The molecule has 1 aromatic heterocycles. The lowest BCUT2D eigenvalue weighted by molar-refractivity contribution is 0.0994. The third-order valence-corrected chi connectivity index (χ3v) is 4.52. The largest absolute Gasteiger partial charge is 0.493 e. The molecular weight excluding hydrogens is 426 g/mol. The van der Waals surface area contributed by atoms with Crippen LogP contribution in [0.25, 0.3) is 10.9 Å². The maximum Gasteiger partial charge on any atom is 0.296 e. The minimum absolute atomic E-state index is 0.120. The van der Waals surface area contributed by atoms with Crippen LogP contribution in [-0.4, -0.2) is 16.0 Å². The zero-order valence-corrected chi connectivity index (χ0v) is 15.1. The van der Waals surface area contributed by atoms with E-state index in [2.05, 4.69) is 47.1 Å². The number of hydrogen-bond acceptors (Lipinski definition) is 3. The van der Waals surface area contributed by atoms with Crippen LogP contribution in [-0.2, 0) is 0 Å². The van der Waals surface area contributed by atoms with Gasteiger partial charge in [0.05, 0.1) is 11.1 Å². The average molecular weight is 437 g/mol. The Morgan fingerprint density at radius 1 is 1.22 bits per heavy atom. The number of carbonyl (C=O) groups is 1. The molecule has 7 heteroatoms. The van der Waals surface area contributed by atoms with Gasteiger partial charge in [-0.25, -0.2) is 0 Å². The van der Waals surface area contributed by atoms with Gasteiger partial charge in [0.1, 0.15) is 0 Å². The predicted octanol–water partition coefficient (Wildman–Crippen LogP) is 5.63. The summed E-state index contributed by atoms with van der Waals surface area (Å²) in [7, 11) is 0. The van der Waals surface area contributed by atoms with Crippen LogP contribution in [0.4, 0.5) is 5.69 Å². The summed E-state index contributed by atoms with van der Waals surface area (Å²) < 4.78 is 1.50. The first-order chi connectivity index (χ1) is 11.0. The number of nitrogens with one attached hydrogen (secondary N) is 1. The molecular formula is C16H11Br2N3O2. The first-order valence-electron chi connectivity index (χ1n) is 6.68. The molecule has 0 aliphatic carbocycles. The maximum absolute atomic E-state index is 12.2. The Morgan fingerprint density at radius 2 is 1.96 bits per heavy atom. The van der Waals surface area contributed by atoms with Crippen LogP contribution in [0.5, 0.6) is 5.88 Å². The molecule has 0 atom stereocenters. The highest BCUT2D eigenvalue weighted by atomic mass is 79.9. The van der Waals surface area contributed by atoms with Crippen LogP contribution in [0.1, 0.15) is 15.9 Å². The number of aromatic hydroxyl groups is 1. The van der Waals surface area contributed by atoms with E-state index in [9.17, 15) is 9.90 Å². The molecule has 0 radical (unpaired) electrons. The molecule has 0 unspecified atom stereocenters. The zero-order valence-electron chi connectivity index (χ0n) is 12.0. The summed E-state index contributed by atoms with van der Waals surface area (Å²) in [4.78, 5) is 15.0. The first kappa shape index (κ1) is 15.9. The third kappa shape index (κ3) is 3.07. The number of nitrogens with zero attached hydrogens (tertiary/aromatic N) is 2. The van der Waals surface area contributed by atoms with E-state index in [4.69, 9.17) is 0 Å². The topological polar surface area (TPSA) is 77.8 Å². The van der Waals surface area contributed by atoms with E-state index in [1.54, 1.807) is 18.2 Å². The SMILES string of the molecule is Cc1cc(Br)cc2c(N=NC(=O)c3ccccc3Br)c(O)[nH]c12. The Labute approximate surface area is 148 Å². The van der Waals surface area contributed by atoms with Crippen LogP contribution in [0.2, 0.25) is 0 Å². The summed E-state index contributed by atoms with van der Waals surface area (Å²) in [5, 5.41) is 18.4. The molecule has 0 fully saturated rings. The van der Waals surface area contributed by atoms with Crippen LogP contribution >= 0.6 is 31.9 Å². The van der Waals surface area contributed by atoms with Crippen molar-refractivity contribution >= 4 is 54.4 Å². The van der Waals surface area contributed by atoms with Gasteiger partial charge in [-0.3, -0.25) is 4.79 Å². The number of carbonyl (C=O) groups excluding carboxylic acids is 1. The molecule has 2 aromatic carbocycles. The minimum Gasteiger partial charge on any atom is -0.493 e. The number of aromatic nitrogens is 1. The molecule has 0 aliphatic heterocycles. The number of aromatic amines is 1. The van der Waals surface area contributed by atoms with E-state index >= 15 is 0 Å². The lowest BCUT2D eigenvalue weighted by atomic mass is 10.1. The van der Waals surface area contributed by atoms with Crippen molar-refractivity contribution in [2.75, 3.05) is 0 Å². The Balaban J connectivity index is 2.03. The Hall–Kier alpha value is -1.99. The molecule has 2 N–H and O–H groups in total. The Morgan fingerprint density at radius 3 is 2.70 bits per heavy atom. The van der Waals surface area contributed by atoms with Gasteiger partial charge in [0.15, 0.2) is 5.69 Å². The van der Waals surface area contributed by atoms with Crippen molar-refractivity contribution in [1.29, 1.82) is 0 Å². The van der Waals surface area contributed by atoms with Gasteiger partial charge in [0.25, 0.3) is 5.91 Å². The van der Waals surface area contributed by atoms with Crippen LogP contribution in [0, 0.1) is 6.92 Å². The fourth-order valence-corrected chi connectivity index (χ4v) is 3.31. The van der Waals surface area contributed by atoms with Crippen molar-refractivity contribution in [2.45, 2.75) is 6.92 Å². The highest BCUT2D eigenvalue weighted by molar-refractivity contribution is 9.10. The molecule has 3 aromatic rings. The fourth-order valence-electron chi connectivity index (χ4n) is 2.29. The number of azo groups is 1. The Bertz CT molecular complexity index is 948. The van der Waals surface area contributed by atoms with E-state index in [1.165, 1.54) is 0 Å². The second kappa shape index (κ2) is 6.25. The van der Waals surface area contributed by atoms with Gasteiger partial charge in [-0.15, -0.1) is 10.2 Å². The number of amides is 1. The van der Waals surface area contributed by atoms with Crippen LogP contribution < -0.4 is 0 Å². The van der Waals surface area contributed by atoms with Crippen LogP contribution in [0.3, 0.4) is 0 Å². The minimum atomic E-state index is -0.488. The third-order valence-electron chi connectivity index (χ3n) is 3.37. The molecule has 0 saturated heterocycles. The second-order valence-electron chi connectivity index (χ2n) is 4.95. The van der Waals surface area contributed by atoms with Crippen molar-refractivity contribution in [3.63, 3.8) is 0 Å². The van der Waals surface area contributed by atoms with Gasteiger partial charge in [0, 0.05) is 14.3 Å². The number of rotatable bonds is 2. The van der Waals surface area contributed by atoms with Gasteiger partial charge in [-0.1, -0.05) is 28.1 Å². The summed E-state index contributed by atoms with van der Waals surface area (Å²) in [5.41, 5.74) is 2.36. The van der Waals surface area contributed by atoms with Crippen LogP contribution in [0.15, 0.2) is 55.6 Å². The molecule has 116 valence electrons. The molecule has 3 rings (SSSR count). The van der Waals surface area contributed by atoms with Crippen molar-refractivity contribution in [3.8, 4) is 5.88 Å². The van der Waals surface area contributed by atoms with Crippen molar-refractivity contribution in [1.82, 2.24) is 4.98 Å². The number of aryl methyl sites for hydroxylation is 1. The summed E-state index contributed by atoms with van der Waals surface area (Å²) in [6.45, 7) is 1.91. The quantitative estimate of drug-likeness (QED) is 0.510. The lowest BCUT2D eigenvalue weighted by Gasteiger charge is -1.98. The number of halogens is 2. The number of benzene rings is 2. The molecule has 0 aliphatic rings. The van der Waals surface area contributed by atoms with E-state index in [-0.39, 0.29) is 11.6 Å². The fraction of sp³-hybridized carbons (Fsp3) is 0.0625. The Kier molecular flexibility index (Phi) is 4.32. The number of hydrogen-bond donors (Lipinski definition) is 2. The van der Waals surface area contributed by atoms with Crippen molar-refractivity contribution in [2.24, 2.45) is 10.2 Å². The average Bonchev–Trinajstić information content (AvgIpc) is 2.81. The van der Waals surface area contributed by atoms with Gasteiger partial charge in [-0.2, -0.15) is 0 Å². The highest BCUT2D eigenvalue weighted by Crippen LogP contribution is 2.38. The molecule has 1 heterocycles. The smallest absolute Gasteiger partial charge is 0.296 e. The van der Waals surface area contributed by atoms with Crippen molar-refractivity contribution < 1.29 is 9.90 Å². The molecule has 1 amide bonds. The van der Waals surface area contributed by atoms with Gasteiger partial charge in [-0.05, 0) is 52.7 Å². The van der Waals surface area contributed by atoms with E-state index in [1.807, 2.05) is 25.1 Å². The van der Waals surface area contributed by atoms with Crippen molar-refractivity contribution in [3.05, 3.63) is 56.5 Å². The standard InChI is InChI=1S/C16H11Br2N3O2/c1-8-6-9(17)7-11-13(8)19-16(23)14(11)20-21-15(22)10-4-2-3-5-12(10)18/h2-7,19,23H,1H3. The lowest BCUT2D eigenvalue weighted by Crippen LogP contribution is -1.94. The predicted molar refractivity (Wildman–Crippen MR) is 95.4 cm³/mol.